The average Bonchev–Trinajstić information content (AvgIpc) is 3.12. The number of likely N-dealkylation sites (tertiary alicyclic amines) is 1. The average molecular weight is 424 g/mol. The number of hydrogen-bond acceptors (Lipinski definition) is 6. The van der Waals surface area contributed by atoms with Gasteiger partial charge in [0.15, 0.2) is 16.1 Å². The molecule has 0 amide bonds. The van der Waals surface area contributed by atoms with E-state index in [9.17, 15) is 0 Å². The zero-order valence-corrected chi connectivity index (χ0v) is 17.8. The summed E-state index contributed by atoms with van der Waals surface area (Å²) in [5.74, 6) is 1.39. The van der Waals surface area contributed by atoms with Crippen molar-refractivity contribution in [3.05, 3.63) is 53.2 Å². The van der Waals surface area contributed by atoms with Crippen molar-refractivity contribution in [3.8, 4) is 0 Å². The van der Waals surface area contributed by atoms with Crippen LogP contribution in [0.2, 0.25) is 5.15 Å². The molecule has 29 heavy (non-hydrogen) atoms. The normalized spacial score (nSPS) is 15.9. The summed E-state index contributed by atoms with van der Waals surface area (Å²) in [4.78, 5) is 16.3. The first-order chi connectivity index (χ1) is 14.1. The number of fused-ring (bicyclic) bond motifs is 2. The van der Waals surface area contributed by atoms with Gasteiger partial charge < -0.3 is 5.32 Å². The Morgan fingerprint density at radius 1 is 1.03 bits per heavy atom. The number of benzene rings is 2. The fourth-order valence-electron chi connectivity index (χ4n) is 3.76. The maximum atomic E-state index is 6.33. The molecule has 0 spiro atoms. The molecule has 5 nitrogen and oxygen atoms in total. The number of para-hydroxylation sites is 2. The van der Waals surface area contributed by atoms with E-state index >= 15 is 0 Å². The summed E-state index contributed by atoms with van der Waals surface area (Å²) in [6, 6.07) is 14.2. The molecule has 0 radical (unpaired) electrons. The van der Waals surface area contributed by atoms with Gasteiger partial charge in [0.1, 0.15) is 0 Å². The van der Waals surface area contributed by atoms with Gasteiger partial charge in [-0.2, -0.15) is 0 Å². The Balaban J connectivity index is 1.37. The number of nitrogens with one attached hydrogen (secondary N) is 1. The van der Waals surface area contributed by atoms with Gasteiger partial charge in [0.25, 0.3) is 0 Å². The van der Waals surface area contributed by atoms with Crippen LogP contribution >= 0.6 is 22.9 Å². The Bertz CT molecular complexity index is 1170. The molecule has 148 valence electrons. The van der Waals surface area contributed by atoms with E-state index < -0.39 is 0 Å². The molecule has 3 heterocycles. The summed E-state index contributed by atoms with van der Waals surface area (Å²) >= 11 is 7.95. The van der Waals surface area contributed by atoms with Crippen molar-refractivity contribution in [3.63, 3.8) is 0 Å². The second kappa shape index (κ2) is 7.86. The molecule has 0 atom stereocenters. The Kier molecular flexibility index (Phi) is 5.08. The van der Waals surface area contributed by atoms with Crippen molar-refractivity contribution in [2.45, 2.75) is 26.3 Å². The minimum atomic E-state index is 0.350. The van der Waals surface area contributed by atoms with E-state index in [0.717, 1.165) is 34.1 Å². The third-order valence-electron chi connectivity index (χ3n) is 5.49. The van der Waals surface area contributed by atoms with Gasteiger partial charge in [0, 0.05) is 6.54 Å². The third kappa shape index (κ3) is 4.06. The minimum Gasteiger partial charge on any atom is -0.314 e. The zero-order chi connectivity index (χ0) is 19.8. The van der Waals surface area contributed by atoms with E-state index in [0.29, 0.717) is 11.0 Å². The predicted octanol–water partition coefficient (Wildman–Crippen LogP) is 5.87. The van der Waals surface area contributed by atoms with E-state index in [-0.39, 0.29) is 0 Å². The second-order valence-electron chi connectivity index (χ2n) is 7.76. The standard InChI is InChI=1S/C22H22ClN5S/c1-14-8-10-28(11-9-14)13-15-6-7-18-19(12-15)29-22(26-18)27-21-20(23)24-16-4-2-3-5-17(16)25-21/h2-7,12,14H,8-11,13H2,1H3,(H,25,26,27). The number of hydrogen-bond donors (Lipinski definition) is 1. The predicted molar refractivity (Wildman–Crippen MR) is 121 cm³/mol. The summed E-state index contributed by atoms with van der Waals surface area (Å²) in [7, 11) is 0. The summed E-state index contributed by atoms with van der Waals surface area (Å²) in [5.41, 5.74) is 3.91. The molecule has 1 aliphatic heterocycles. The number of halogens is 1. The van der Waals surface area contributed by atoms with E-state index in [2.05, 4.69) is 45.3 Å². The Morgan fingerprint density at radius 2 is 1.79 bits per heavy atom. The molecule has 0 unspecified atom stereocenters. The first kappa shape index (κ1) is 18.7. The van der Waals surface area contributed by atoms with Crippen molar-refractivity contribution in [1.29, 1.82) is 0 Å². The molecule has 2 aromatic heterocycles. The highest BCUT2D eigenvalue weighted by Crippen LogP contribution is 2.31. The molecule has 1 N–H and O–H groups in total. The highest BCUT2D eigenvalue weighted by Gasteiger charge is 2.16. The van der Waals surface area contributed by atoms with E-state index in [4.69, 9.17) is 16.6 Å². The maximum absolute atomic E-state index is 6.33. The van der Waals surface area contributed by atoms with E-state index in [1.807, 2.05) is 24.3 Å². The van der Waals surface area contributed by atoms with Crippen molar-refractivity contribution in [2.75, 3.05) is 18.4 Å². The number of rotatable bonds is 4. The number of aromatic nitrogens is 3. The van der Waals surface area contributed by atoms with Gasteiger partial charge in [-0.3, -0.25) is 4.90 Å². The lowest BCUT2D eigenvalue weighted by atomic mass is 9.99. The molecule has 2 aromatic carbocycles. The van der Waals surface area contributed by atoms with Crippen LogP contribution in [0, 0.1) is 5.92 Å². The molecule has 1 fully saturated rings. The molecule has 5 rings (SSSR count). The summed E-state index contributed by atoms with van der Waals surface area (Å²) in [6.07, 6.45) is 2.59. The Hall–Kier alpha value is -2.28. The summed E-state index contributed by atoms with van der Waals surface area (Å²) in [6.45, 7) is 5.73. The van der Waals surface area contributed by atoms with Gasteiger partial charge in [0.05, 0.1) is 21.3 Å². The molecule has 1 saturated heterocycles. The Morgan fingerprint density at radius 3 is 2.59 bits per heavy atom. The summed E-state index contributed by atoms with van der Waals surface area (Å²) in [5, 5.41) is 4.37. The van der Waals surface area contributed by atoms with E-state index in [1.54, 1.807) is 11.3 Å². The SMILES string of the molecule is CC1CCN(Cc2ccc3nc(Nc4nc5ccccc5nc4Cl)sc3c2)CC1. The lowest BCUT2D eigenvalue weighted by Crippen LogP contribution is -2.32. The number of piperidine rings is 1. The summed E-state index contributed by atoms with van der Waals surface area (Å²) < 4.78 is 1.17. The molecule has 1 aliphatic rings. The van der Waals surface area contributed by atoms with Gasteiger partial charge in [-0.25, -0.2) is 15.0 Å². The van der Waals surface area contributed by atoms with Crippen LogP contribution in [-0.4, -0.2) is 32.9 Å². The lowest BCUT2D eigenvalue weighted by Gasteiger charge is -2.30. The van der Waals surface area contributed by atoms with Gasteiger partial charge in [0.2, 0.25) is 0 Å². The van der Waals surface area contributed by atoms with Crippen LogP contribution in [0.25, 0.3) is 21.3 Å². The quantitative estimate of drug-likeness (QED) is 0.445. The van der Waals surface area contributed by atoms with Crippen LogP contribution in [-0.2, 0) is 6.54 Å². The topological polar surface area (TPSA) is 53.9 Å². The van der Waals surface area contributed by atoms with Gasteiger partial charge in [-0.05, 0) is 61.7 Å². The van der Waals surface area contributed by atoms with Crippen molar-refractivity contribution >= 4 is 55.1 Å². The van der Waals surface area contributed by atoms with Crippen LogP contribution in [0.4, 0.5) is 10.9 Å². The lowest BCUT2D eigenvalue weighted by molar-refractivity contribution is 0.185. The van der Waals surface area contributed by atoms with Crippen LogP contribution in [0.5, 0.6) is 0 Å². The van der Waals surface area contributed by atoms with E-state index in [1.165, 1.54) is 36.2 Å². The van der Waals surface area contributed by atoms with Gasteiger partial charge in [-0.15, -0.1) is 0 Å². The molecule has 0 aliphatic carbocycles. The van der Waals surface area contributed by atoms with Crippen LogP contribution in [0.15, 0.2) is 42.5 Å². The first-order valence-corrected chi connectivity index (χ1v) is 11.1. The number of anilines is 2. The first-order valence-electron chi connectivity index (χ1n) is 9.95. The minimum absolute atomic E-state index is 0.350. The highest BCUT2D eigenvalue weighted by molar-refractivity contribution is 7.22. The second-order valence-corrected chi connectivity index (χ2v) is 9.15. The largest absolute Gasteiger partial charge is 0.314 e. The number of nitrogens with zero attached hydrogens (tertiary/aromatic N) is 4. The smallest absolute Gasteiger partial charge is 0.189 e. The Labute approximate surface area is 178 Å². The third-order valence-corrected chi connectivity index (χ3v) is 6.69. The number of thiazole rings is 1. The monoisotopic (exact) mass is 423 g/mol. The highest BCUT2D eigenvalue weighted by atomic mass is 35.5. The fraction of sp³-hybridized carbons (Fsp3) is 0.318. The molecule has 0 saturated carbocycles. The van der Waals surface area contributed by atoms with Crippen LogP contribution < -0.4 is 5.32 Å². The molecule has 7 heteroatoms. The maximum Gasteiger partial charge on any atom is 0.189 e. The molecule has 0 bridgehead atoms. The van der Waals surface area contributed by atoms with Crippen molar-refractivity contribution in [2.24, 2.45) is 5.92 Å². The van der Waals surface area contributed by atoms with Crippen LogP contribution in [0.3, 0.4) is 0 Å². The zero-order valence-electron chi connectivity index (χ0n) is 16.2. The van der Waals surface area contributed by atoms with Crippen LogP contribution in [0.1, 0.15) is 25.3 Å². The van der Waals surface area contributed by atoms with Gasteiger partial charge in [-0.1, -0.05) is 48.1 Å². The van der Waals surface area contributed by atoms with Crippen molar-refractivity contribution in [1.82, 2.24) is 19.9 Å². The molecular formula is C22H22ClN5S. The fourth-order valence-corrected chi connectivity index (χ4v) is 4.87. The van der Waals surface area contributed by atoms with Gasteiger partial charge >= 0.3 is 0 Å². The molecular weight excluding hydrogens is 402 g/mol. The molecule has 4 aromatic rings. The van der Waals surface area contributed by atoms with Crippen molar-refractivity contribution < 1.29 is 0 Å².